The van der Waals surface area contributed by atoms with Crippen LogP contribution in [0.25, 0.3) is 0 Å². The zero-order valence-electron chi connectivity index (χ0n) is 11.9. The molecular weight excluding hydrogens is 330 g/mol. The Balaban J connectivity index is 1.73. The van der Waals surface area contributed by atoms with Crippen molar-refractivity contribution in [3.8, 4) is 5.75 Å². The van der Waals surface area contributed by atoms with E-state index >= 15 is 0 Å². The first-order chi connectivity index (χ1) is 10.3. The van der Waals surface area contributed by atoms with Gasteiger partial charge in [0.05, 0.1) is 19.8 Å². The van der Waals surface area contributed by atoms with Crippen molar-refractivity contribution in [2.24, 2.45) is 0 Å². The summed E-state index contributed by atoms with van der Waals surface area (Å²) in [7, 11) is 1.67. The van der Waals surface area contributed by atoms with E-state index in [1.54, 1.807) is 7.11 Å². The molecule has 110 valence electrons. The highest BCUT2D eigenvalue weighted by atomic mass is 79.9. The summed E-state index contributed by atoms with van der Waals surface area (Å²) in [5.41, 5.74) is 3.70. The van der Waals surface area contributed by atoms with E-state index in [-0.39, 0.29) is 6.10 Å². The summed E-state index contributed by atoms with van der Waals surface area (Å²) >= 11 is 3.49. The van der Waals surface area contributed by atoms with E-state index in [0.717, 1.165) is 35.5 Å². The fraction of sp³-hybridized carbons (Fsp3) is 0.294. The topological polar surface area (TPSA) is 30.5 Å². The Labute approximate surface area is 133 Å². The van der Waals surface area contributed by atoms with Crippen molar-refractivity contribution in [3.05, 3.63) is 58.1 Å². The Morgan fingerprint density at radius 3 is 3.00 bits per heavy atom. The summed E-state index contributed by atoms with van der Waals surface area (Å²) < 4.78 is 12.2. The molecule has 0 spiro atoms. The maximum absolute atomic E-state index is 5.91. The van der Waals surface area contributed by atoms with Crippen LogP contribution in [0.1, 0.15) is 17.2 Å². The Bertz CT molecular complexity index is 630. The van der Waals surface area contributed by atoms with Crippen molar-refractivity contribution in [1.82, 2.24) is 0 Å². The lowest BCUT2D eigenvalue weighted by molar-refractivity contribution is 0.0513. The number of fused-ring (bicyclic) bond motifs is 1. The summed E-state index contributed by atoms with van der Waals surface area (Å²) in [6, 6.07) is 14.5. The Kier molecular flexibility index (Phi) is 4.46. The van der Waals surface area contributed by atoms with Crippen molar-refractivity contribution >= 4 is 21.6 Å². The van der Waals surface area contributed by atoms with Crippen LogP contribution in [0.5, 0.6) is 5.75 Å². The molecule has 0 aromatic heterocycles. The van der Waals surface area contributed by atoms with Gasteiger partial charge >= 0.3 is 0 Å². The number of ether oxygens (including phenoxy) is 2. The minimum atomic E-state index is 0.0972. The second-order valence-electron chi connectivity index (χ2n) is 5.07. The zero-order valence-corrected chi connectivity index (χ0v) is 13.5. The van der Waals surface area contributed by atoms with Crippen LogP contribution < -0.4 is 10.1 Å². The molecule has 0 amide bonds. The third-order valence-electron chi connectivity index (χ3n) is 3.69. The maximum atomic E-state index is 5.91. The number of hydrogen-bond acceptors (Lipinski definition) is 3. The third kappa shape index (κ3) is 3.39. The molecule has 0 aliphatic carbocycles. The quantitative estimate of drug-likeness (QED) is 0.899. The molecule has 0 radical (unpaired) electrons. The molecule has 1 aliphatic rings. The first kappa shape index (κ1) is 14.4. The third-order valence-corrected chi connectivity index (χ3v) is 4.15. The fourth-order valence-electron chi connectivity index (χ4n) is 2.64. The fourth-order valence-corrected chi connectivity index (χ4v) is 3.11. The van der Waals surface area contributed by atoms with Crippen molar-refractivity contribution in [2.75, 3.05) is 25.6 Å². The first-order valence-corrected chi connectivity index (χ1v) is 7.83. The molecule has 1 unspecified atom stereocenters. The Morgan fingerprint density at radius 2 is 2.14 bits per heavy atom. The van der Waals surface area contributed by atoms with Gasteiger partial charge in [-0.2, -0.15) is 0 Å². The second-order valence-corrected chi connectivity index (χ2v) is 5.98. The van der Waals surface area contributed by atoms with Crippen LogP contribution >= 0.6 is 15.9 Å². The molecular formula is C17H18BrNO2. The van der Waals surface area contributed by atoms with Gasteiger partial charge in [-0.1, -0.05) is 40.2 Å². The number of benzene rings is 2. The molecule has 0 fully saturated rings. The number of methoxy groups -OCH3 is 1. The van der Waals surface area contributed by atoms with Gasteiger partial charge in [0.2, 0.25) is 0 Å². The van der Waals surface area contributed by atoms with Crippen molar-refractivity contribution in [1.29, 1.82) is 0 Å². The summed E-state index contributed by atoms with van der Waals surface area (Å²) in [5.74, 6) is 0.830. The van der Waals surface area contributed by atoms with E-state index < -0.39 is 0 Å². The van der Waals surface area contributed by atoms with Gasteiger partial charge in [0, 0.05) is 22.8 Å². The van der Waals surface area contributed by atoms with E-state index in [2.05, 4.69) is 45.5 Å². The Hall–Kier alpha value is -1.52. The van der Waals surface area contributed by atoms with Crippen molar-refractivity contribution in [3.63, 3.8) is 0 Å². The summed E-state index contributed by atoms with van der Waals surface area (Å²) in [6.07, 6.45) is 1.09. The highest BCUT2D eigenvalue weighted by Crippen LogP contribution is 2.29. The van der Waals surface area contributed by atoms with Crippen LogP contribution in [0.4, 0.5) is 5.69 Å². The average molecular weight is 348 g/mol. The van der Waals surface area contributed by atoms with Gasteiger partial charge in [0.25, 0.3) is 0 Å². The van der Waals surface area contributed by atoms with E-state index in [9.17, 15) is 0 Å². The first-order valence-electron chi connectivity index (χ1n) is 7.04. The SMILES string of the molecule is COc1cc(Br)cc(NCC2OCCc3ccccc32)c1. The lowest BCUT2D eigenvalue weighted by atomic mass is 9.97. The standard InChI is InChI=1S/C17H18BrNO2/c1-20-15-9-13(18)8-14(10-15)19-11-17-16-5-3-2-4-12(16)6-7-21-17/h2-5,8-10,17,19H,6-7,11H2,1H3. The predicted octanol–water partition coefficient (Wildman–Crippen LogP) is 4.18. The lowest BCUT2D eigenvalue weighted by Gasteiger charge is -2.26. The number of rotatable bonds is 4. The van der Waals surface area contributed by atoms with Gasteiger partial charge in [0.15, 0.2) is 0 Å². The van der Waals surface area contributed by atoms with E-state index in [0.29, 0.717) is 0 Å². The van der Waals surface area contributed by atoms with Crippen LogP contribution in [-0.4, -0.2) is 20.3 Å². The lowest BCUT2D eigenvalue weighted by Crippen LogP contribution is -2.22. The number of nitrogens with one attached hydrogen (secondary N) is 1. The van der Waals surface area contributed by atoms with Crippen LogP contribution in [0.3, 0.4) is 0 Å². The molecule has 1 aliphatic heterocycles. The highest BCUT2D eigenvalue weighted by Gasteiger charge is 2.20. The molecule has 0 bridgehead atoms. The van der Waals surface area contributed by atoms with Crippen LogP contribution in [0.15, 0.2) is 46.9 Å². The number of hydrogen-bond donors (Lipinski definition) is 1. The van der Waals surface area contributed by atoms with E-state index in [4.69, 9.17) is 9.47 Å². The average Bonchev–Trinajstić information content (AvgIpc) is 2.52. The van der Waals surface area contributed by atoms with E-state index in [1.165, 1.54) is 11.1 Å². The van der Waals surface area contributed by atoms with Crippen molar-refractivity contribution < 1.29 is 9.47 Å². The molecule has 1 atom stereocenters. The molecule has 3 rings (SSSR count). The van der Waals surface area contributed by atoms with Gasteiger partial charge < -0.3 is 14.8 Å². The van der Waals surface area contributed by atoms with Crippen LogP contribution in [-0.2, 0) is 11.2 Å². The molecule has 2 aromatic carbocycles. The molecule has 1 heterocycles. The summed E-state index contributed by atoms with van der Waals surface area (Å²) in [6.45, 7) is 1.53. The Morgan fingerprint density at radius 1 is 1.29 bits per heavy atom. The normalized spacial score (nSPS) is 17.1. The van der Waals surface area contributed by atoms with Gasteiger partial charge in [-0.3, -0.25) is 0 Å². The number of halogens is 1. The van der Waals surface area contributed by atoms with Crippen LogP contribution in [0, 0.1) is 0 Å². The smallest absolute Gasteiger partial charge is 0.122 e. The molecule has 4 heteroatoms. The van der Waals surface area contributed by atoms with Crippen LogP contribution in [0.2, 0.25) is 0 Å². The van der Waals surface area contributed by atoms with Gasteiger partial charge in [-0.05, 0) is 29.7 Å². The highest BCUT2D eigenvalue weighted by molar-refractivity contribution is 9.10. The largest absolute Gasteiger partial charge is 0.497 e. The minimum absolute atomic E-state index is 0.0972. The molecule has 21 heavy (non-hydrogen) atoms. The van der Waals surface area contributed by atoms with E-state index in [1.807, 2.05) is 18.2 Å². The maximum Gasteiger partial charge on any atom is 0.122 e. The molecule has 1 N–H and O–H groups in total. The van der Waals surface area contributed by atoms with Crippen molar-refractivity contribution in [2.45, 2.75) is 12.5 Å². The molecule has 0 saturated carbocycles. The molecule has 3 nitrogen and oxygen atoms in total. The summed E-state index contributed by atoms with van der Waals surface area (Å²) in [4.78, 5) is 0. The predicted molar refractivity (Wildman–Crippen MR) is 88.0 cm³/mol. The molecule has 2 aromatic rings. The monoisotopic (exact) mass is 347 g/mol. The van der Waals surface area contributed by atoms with Gasteiger partial charge in [0.1, 0.15) is 5.75 Å². The zero-order chi connectivity index (χ0) is 14.7. The summed E-state index contributed by atoms with van der Waals surface area (Å²) in [5, 5.41) is 3.44. The van der Waals surface area contributed by atoms with Gasteiger partial charge in [-0.15, -0.1) is 0 Å². The number of anilines is 1. The minimum Gasteiger partial charge on any atom is -0.497 e. The molecule has 0 saturated heterocycles. The second kappa shape index (κ2) is 6.50. The van der Waals surface area contributed by atoms with Gasteiger partial charge in [-0.25, -0.2) is 0 Å².